The lowest BCUT2D eigenvalue weighted by molar-refractivity contribution is -0.145. The van der Waals surface area contributed by atoms with Crippen LogP contribution in [0.2, 0.25) is 20.1 Å². The number of amides is 2. The molecule has 1 unspecified atom stereocenters. The van der Waals surface area contributed by atoms with E-state index in [1.54, 1.807) is 107 Å². The number of rotatable bonds is 10. The third kappa shape index (κ3) is 12.0. The topological polar surface area (TPSA) is 84.9 Å². The Labute approximate surface area is 462 Å². The number of carbonyl (C=O) groups excluding carboxylic acids is 2. The van der Waals surface area contributed by atoms with Gasteiger partial charge in [0.15, 0.2) is 0 Å². The van der Waals surface area contributed by atoms with Gasteiger partial charge in [0.2, 0.25) is 0 Å². The van der Waals surface area contributed by atoms with Crippen molar-refractivity contribution in [3.8, 4) is 0 Å². The summed E-state index contributed by atoms with van der Waals surface area (Å²) >= 11 is 28.8. The second-order valence-corrected chi connectivity index (χ2v) is 21.1. The maximum absolute atomic E-state index is 14.8. The molecular weight excluding hydrogens is 1230 g/mol. The molecule has 10 rings (SSSR count). The van der Waals surface area contributed by atoms with Gasteiger partial charge >= 0.3 is 0 Å². The first-order valence-electron chi connectivity index (χ1n) is 22.5. The minimum absolute atomic E-state index is 0.0930. The zero-order valence-electron chi connectivity index (χ0n) is 37.6. The maximum atomic E-state index is 14.8. The number of hydrogen-bond donors (Lipinski definition) is 0. The first-order valence-corrected chi connectivity index (χ1v) is 26.1. The molecular formula is C56H40Cl4F2I2N4O4. The molecule has 8 aromatic rings. The van der Waals surface area contributed by atoms with Crippen LogP contribution in [0.25, 0.3) is 0 Å². The van der Waals surface area contributed by atoms with E-state index in [4.69, 9.17) is 55.9 Å². The van der Waals surface area contributed by atoms with Crippen molar-refractivity contribution >= 4 is 115 Å². The van der Waals surface area contributed by atoms with Crippen molar-refractivity contribution in [3.05, 3.63) is 255 Å². The van der Waals surface area contributed by atoms with Crippen molar-refractivity contribution in [1.82, 2.24) is 9.97 Å². The highest BCUT2D eigenvalue weighted by Gasteiger charge is 2.47. The molecule has 8 nitrogen and oxygen atoms in total. The molecule has 0 aliphatic carbocycles. The van der Waals surface area contributed by atoms with Crippen LogP contribution in [0.1, 0.15) is 57.7 Å². The number of pyridine rings is 2. The van der Waals surface area contributed by atoms with Gasteiger partial charge < -0.3 is 9.47 Å². The zero-order valence-corrected chi connectivity index (χ0v) is 45.0. The van der Waals surface area contributed by atoms with Gasteiger partial charge in [-0.1, -0.05) is 107 Å². The summed E-state index contributed by atoms with van der Waals surface area (Å²) in [4.78, 5) is 39.9. The lowest BCUT2D eigenvalue weighted by atomic mass is 9.90. The quantitative estimate of drug-likeness (QED) is 0.127. The van der Waals surface area contributed by atoms with Crippen molar-refractivity contribution in [3.63, 3.8) is 0 Å². The van der Waals surface area contributed by atoms with Gasteiger partial charge in [-0.3, -0.25) is 29.4 Å². The Balaban J connectivity index is 0.000000178. The standard InChI is InChI=1S/2C28H20Cl2FIN2O2/c2*29-20-8-3-17(4-9-20)26-27(18-5-10-21(30)11-6-18)36-25(14-19-7-12-22(32)15-24(19)31)28(35)34(26)23-2-1-13-33-16-23/h2*1-13,15-16,25-27H,14H2/t25-,26?,27-;25-,26+,27-/m10/s1. The van der Waals surface area contributed by atoms with Gasteiger partial charge in [-0.25, -0.2) is 8.78 Å². The number of morpholine rings is 2. The molecule has 16 heteroatoms. The summed E-state index contributed by atoms with van der Waals surface area (Å²) < 4.78 is 44.1. The molecule has 2 fully saturated rings. The third-order valence-electron chi connectivity index (χ3n) is 12.3. The fourth-order valence-corrected chi connectivity index (χ4v) is 10.3. The molecule has 6 aromatic carbocycles. The van der Waals surface area contributed by atoms with Crippen LogP contribution in [0.5, 0.6) is 0 Å². The van der Waals surface area contributed by atoms with Gasteiger partial charge in [-0.15, -0.1) is 0 Å². The van der Waals surface area contributed by atoms with Crippen molar-refractivity contribution < 1.29 is 27.8 Å². The predicted octanol–water partition coefficient (Wildman–Crippen LogP) is 15.2. The molecule has 2 aliphatic rings. The fourth-order valence-electron chi connectivity index (χ4n) is 8.88. The van der Waals surface area contributed by atoms with Gasteiger partial charge in [-0.05, 0) is 176 Å². The molecule has 2 amide bonds. The van der Waals surface area contributed by atoms with E-state index in [9.17, 15) is 18.4 Å². The van der Waals surface area contributed by atoms with Crippen LogP contribution < -0.4 is 9.80 Å². The highest BCUT2D eigenvalue weighted by molar-refractivity contribution is 14.1. The number of ether oxygens (including phenoxy) is 2. The van der Waals surface area contributed by atoms with Gasteiger partial charge in [0, 0.05) is 52.5 Å². The van der Waals surface area contributed by atoms with E-state index < -0.39 is 36.5 Å². The van der Waals surface area contributed by atoms with Gasteiger partial charge in [0.25, 0.3) is 11.8 Å². The maximum Gasteiger partial charge on any atom is 0.257 e. The van der Waals surface area contributed by atoms with Crippen LogP contribution in [0.3, 0.4) is 0 Å². The SMILES string of the molecule is O=C1[C@@H](Cc2ccc(I)cc2F)O[C@H](c2ccc(Cl)cc2)C(c2ccc(Cl)cc2)N1c1cccnc1.O=C1[C@H](Cc2ccc(I)cc2F)O[C@@H](c2ccc(Cl)cc2)[C@@H](c2ccc(Cl)cc2)N1c1cccnc1. The molecule has 0 spiro atoms. The Bertz CT molecular complexity index is 2960. The Hall–Kier alpha value is -5.04. The highest BCUT2D eigenvalue weighted by atomic mass is 127. The van der Waals surface area contributed by atoms with Crippen LogP contribution in [0, 0.1) is 18.8 Å². The van der Waals surface area contributed by atoms with Crippen LogP contribution in [0.4, 0.5) is 20.2 Å². The number of aromatic nitrogens is 2. The molecule has 0 saturated carbocycles. The van der Waals surface area contributed by atoms with Crippen molar-refractivity contribution in [1.29, 1.82) is 0 Å². The Morgan fingerprint density at radius 3 is 1.11 bits per heavy atom. The van der Waals surface area contributed by atoms with Crippen LogP contribution in [0.15, 0.2) is 183 Å². The average Bonchev–Trinajstić information content (AvgIpc) is 3.38. The molecule has 2 saturated heterocycles. The third-order valence-corrected chi connectivity index (χ3v) is 14.6. The summed E-state index contributed by atoms with van der Waals surface area (Å²) in [6, 6.07) is 45.5. The lowest BCUT2D eigenvalue weighted by Gasteiger charge is -2.44. The van der Waals surface area contributed by atoms with Crippen LogP contribution >= 0.6 is 91.6 Å². The summed E-state index contributed by atoms with van der Waals surface area (Å²) in [7, 11) is 0. The summed E-state index contributed by atoms with van der Waals surface area (Å²) in [6.07, 6.45) is 3.85. The first-order chi connectivity index (χ1) is 34.8. The van der Waals surface area contributed by atoms with Gasteiger partial charge in [0.05, 0.1) is 35.9 Å². The molecule has 0 radical (unpaired) electrons. The van der Waals surface area contributed by atoms with Gasteiger partial charge in [-0.2, -0.15) is 0 Å². The van der Waals surface area contributed by atoms with E-state index in [1.807, 2.05) is 72.8 Å². The number of carbonyl (C=O) groups is 2. The van der Waals surface area contributed by atoms with E-state index >= 15 is 0 Å². The number of benzene rings is 6. The average molecular weight is 1270 g/mol. The Morgan fingerprint density at radius 1 is 0.472 bits per heavy atom. The van der Waals surface area contributed by atoms with Gasteiger partial charge in [0.1, 0.15) is 36.1 Å². The smallest absolute Gasteiger partial charge is 0.257 e. The first kappa shape index (κ1) is 51.8. The number of halogens is 8. The van der Waals surface area contributed by atoms with E-state index in [1.165, 1.54) is 12.1 Å². The normalized spacial score (nSPS) is 19.9. The van der Waals surface area contributed by atoms with E-state index in [0.29, 0.717) is 42.6 Å². The molecule has 2 aromatic heterocycles. The monoisotopic (exact) mass is 1260 g/mol. The molecule has 2 aliphatic heterocycles. The molecule has 4 heterocycles. The van der Waals surface area contributed by atoms with E-state index in [2.05, 4.69) is 55.1 Å². The van der Waals surface area contributed by atoms with E-state index in [0.717, 1.165) is 29.4 Å². The highest BCUT2D eigenvalue weighted by Crippen LogP contribution is 2.47. The number of nitrogens with zero attached hydrogens (tertiary/aromatic N) is 4. The van der Waals surface area contributed by atoms with Crippen molar-refractivity contribution in [2.75, 3.05) is 9.80 Å². The zero-order chi connectivity index (χ0) is 50.5. The summed E-state index contributed by atoms with van der Waals surface area (Å²) in [5.74, 6) is -1.28. The van der Waals surface area contributed by atoms with Crippen LogP contribution in [-0.2, 0) is 31.9 Å². The molecule has 0 N–H and O–H groups in total. The summed E-state index contributed by atoms with van der Waals surface area (Å²) in [5, 5.41) is 2.36. The minimum atomic E-state index is -0.913. The molecule has 364 valence electrons. The summed E-state index contributed by atoms with van der Waals surface area (Å²) in [5.41, 5.74) is 5.45. The second-order valence-electron chi connectivity index (χ2n) is 16.9. The lowest BCUT2D eigenvalue weighted by Crippen LogP contribution is -2.52. The minimum Gasteiger partial charge on any atom is -0.358 e. The van der Waals surface area contributed by atoms with Crippen molar-refractivity contribution in [2.45, 2.75) is 49.3 Å². The number of hydrogen-bond acceptors (Lipinski definition) is 6. The molecule has 72 heavy (non-hydrogen) atoms. The Kier molecular flexibility index (Phi) is 16.9. The second kappa shape index (κ2) is 23.4. The van der Waals surface area contributed by atoms with Crippen molar-refractivity contribution in [2.24, 2.45) is 0 Å². The van der Waals surface area contributed by atoms with E-state index in [-0.39, 0.29) is 36.3 Å². The predicted molar refractivity (Wildman–Crippen MR) is 296 cm³/mol. The Morgan fingerprint density at radius 2 is 0.806 bits per heavy atom. The molecule has 0 bridgehead atoms. The molecule has 6 atom stereocenters. The largest absolute Gasteiger partial charge is 0.358 e. The number of anilines is 2. The fraction of sp³-hybridized carbons (Fsp3) is 0.143. The van der Waals surface area contributed by atoms with Crippen LogP contribution in [-0.4, -0.2) is 34.0 Å². The summed E-state index contributed by atoms with van der Waals surface area (Å²) in [6.45, 7) is 0.